The summed E-state index contributed by atoms with van der Waals surface area (Å²) < 4.78 is 20.2. The number of methoxy groups -OCH3 is 1. The number of benzene rings is 2. The average molecular weight is 403 g/mol. The predicted molar refractivity (Wildman–Crippen MR) is 86.9 cm³/mol. The number of anilines is 1. The molecule has 0 aromatic heterocycles. The van der Waals surface area contributed by atoms with Crippen LogP contribution in [-0.4, -0.2) is 7.11 Å². The molecule has 2 nitrogen and oxygen atoms in total. The topological polar surface area (TPSA) is 21.3 Å². The molecule has 0 spiro atoms. The zero-order valence-corrected chi connectivity index (χ0v) is 14.3. The molecule has 0 bridgehead atoms. The second-order valence-electron chi connectivity index (χ2n) is 4.39. The van der Waals surface area contributed by atoms with Crippen LogP contribution in [0.2, 0.25) is 0 Å². The fourth-order valence-corrected chi connectivity index (χ4v) is 3.17. The van der Waals surface area contributed by atoms with Gasteiger partial charge in [-0.1, -0.05) is 6.07 Å². The summed E-state index contributed by atoms with van der Waals surface area (Å²) in [5.74, 6) is 0.546. The third-order valence-electron chi connectivity index (χ3n) is 3.02. The molecule has 0 radical (unpaired) electrons. The van der Waals surface area contributed by atoms with Crippen LogP contribution in [0.15, 0.2) is 39.3 Å². The second kappa shape index (κ2) is 6.59. The summed E-state index contributed by atoms with van der Waals surface area (Å²) in [6.07, 6.45) is 0. The fraction of sp³-hybridized carbons (Fsp3) is 0.200. The standard InChI is InChI=1S/C15H14Br2FNO/c1-9-5-11(18)4-3-10(9)8-19-14-7-15(20-2)13(17)6-12(14)16/h3-7,19H,8H2,1-2H3. The highest BCUT2D eigenvalue weighted by atomic mass is 79.9. The first-order valence-corrected chi connectivity index (χ1v) is 7.62. The van der Waals surface area contributed by atoms with Gasteiger partial charge in [0, 0.05) is 17.1 Å². The Labute approximate surface area is 134 Å². The van der Waals surface area contributed by atoms with E-state index in [0.29, 0.717) is 6.54 Å². The number of rotatable bonds is 4. The maximum Gasteiger partial charge on any atom is 0.135 e. The lowest BCUT2D eigenvalue weighted by atomic mass is 10.1. The van der Waals surface area contributed by atoms with Gasteiger partial charge in [-0.3, -0.25) is 0 Å². The van der Waals surface area contributed by atoms with Gasteiger partial charge in [-0.25, -0.2) is 4.39 Å². The monoisotopic (exact) mass is 401 g/mol. The molecule has 1 N–H and O–H groups in total. The minimum atomic E-state index is -0.210. The molecule has 0 atom stereocenters. The number of hydrogen-bond acceptors (Lipinski definition) is 2. The van der Waals surface area contributed by atoms with Gasteiger partial charge in [-0.2, -0.15) is 0 Å². The fourth-order valence-electron chi connectivity index (χ4n) is 1.87. The molecule has 0 amide bonds. The molecule has 2 rings (SSSR count). The quantitative estimate of drug-likeness (QED) is 0.751. The van der Waals surface area contributed by atoms with Crippen molar-refractivity contribution >= 4 is 37.5 Å². The summed E-state index contributed by atoms with van der Waals surface area (Å²) in [6.45, 7) is 2.52. The molecule has 0 aliphatic carbocycles. The van der Waals surface area contributed by atoms with Crippen molar-refractivity contribution < 1.29 is 9.13 Å². The van der Waals surface area contributed by atoms with E-state index in [1.807, 2.05) is 19.1 Å². The van der Waals surface area contributed by atoms with E-state index in [-0.39, 0.29) is 5.82 Å². The van der Waals surface area contributed by atoms with Crippen LogP contribution in [-0.2, 0) is 6.54 Å². The minimum Gasteiger partial charge on any atom is -0.495 e. The number of hydrogen-bond donors (Lipinski definition) is 1. The maximum atomic E-state index is 13.1. The van der Waals surface area contributed by atoms with Crippen LogP contribution in [0, 0.1) is 12.7 Å². The Balaban J connectivity index is 2.18. The highest BCUT2D eigenvalue weighted by molar-refractivity contribution is 9.11. The van der Waals surface area contributed by atoms with Gasteiger partial charge in [-0.05, 0) is 68.1 Å². The van der Waals surface area contributed by atoms with E-state index in [1.165, 1.54) is 12.1 Å². The second-order valence-corrected chi connectivity index (χ2v) is 6.10. The zero-order chi connectivity index (χ0) is 14.7. The van der Waals surface area contributed by atoms with Gasteiger partial charge in [0.05, 0.1) is 17.3 Å². The van der Waals surface area contributed by atoms with E-state index in [4.69, 9.17) is 4.74 Å². The van der Waals surface area contributed by atoms with Crippen LogP contribution >= 0.6 is 31.9 Å². The van der Waals surface area contributed by atoms with Gasteiger partial charge >= 0.3 is 0 Å². The predicted octanol–water partition coefficient (Wildman–Crippen LogP) is 5.28. The van der Waals surface area contributed by atoms with Gasteiger partial charge in [0.2, 0.25) is 0 Å². The van der Waals surface area contributed by atoms with E-state index in [9.17, 15) is 4.39 Å². The number of aryl methyl sites for hydroxylation is 1. The Morgan fingerprint density at radius 2 is 1.90 bits per heavy atom. The van der Waals surface area contributed by atoms with Crippen molar-refractivity contribution in [3.63, 3.8) is 0 Å². The van der Waals surface area contributed by atoms with Gasteiger partial charge in [-0.15, -0.1) is 0 Å². The molecule has 2 aromatic carbocycles. The van der Waals surface area contributed by atoms with Crippen molar-refractivity contribution in [1.29, 1.82) is 0 Å². The van der Waals surface area contributed by atoms with Gasteiger partial charge in [0.1, 0.15) is 11.6 Å². The Bertz CT molecular complexity index is 632. The molecule has 0 fully saturated rings. The van der Waals surface area contributed by atoms with E-state index in [1.54, 1.807) is 13.2 Å². The van der Waals surface area contributed by atoms with Crippen molar-refractivity contribution in [2.75, 3.05) is 12.4 Å². The zero-order valence-electron chi connectivity index (χ0n) is 11.1. The smallest absolute Gasteiger partial charge is 0.135 e. The Morgan fingerprint density at radius 3 is 2.55 bits per heavy atom. The van der Waals surface area contributed by atoms with E-state index < -0.39 is 0 Å². The molecular formula is C15H14Br2FNO. The average Bonchev–Trinajstić information content (AvgIpc) is 2.39. The van der Waals surface area contributed by atoms with E-state index in [0.717, 1.165) is 31.5 Å². The first-order chi connectivity index (χ1) is 9.51. The largest absolute Gasteiger partial charge is 0.495 e. The highest BCUT2D eigenvalue weighted by Gasteiger charge is 2.07. The van der Waals surface area contributed by atoms with Crippen LogP contribution in [0.5, 0.6) is 5.75 Å². The lowest BCUT2D eigenvalue weighted by Crippen LogP contribution is -2.02. The SMILES string of the molecule is COc1cc(NCc2ccc(F)cc2C)c(Br)cc1Br. The van der Waals surface area contributed by atoms with Crippen LogP contribution < -0.4 is 10.1 Å². The summed E-state index contributed by atoms with van der Waals surface area (Å²) in [4.78, 5) is 0. The Morgan fingerprint density at radius 1 is 1.15 bits per heavy atom. The van der Waals surface area contributed by atoms with Crippen LogP contribution in [0.25, 0.3) is 0 Å². The summed E-state index contributed by atoms with van der Waals surface area (Å²) in [6, 6.07) is 8.64. The van der Waals surface area contributed by atoms with E-state index >= 15 is 0 Å². The maximum absolute atomic E-state index is 13.1. The summed E-state index contributed by atoms with van der Waals surface area (Å²) in [5.41, 5.74) is 2.91. The summed E-state index contributed by atoms with van der Waals surface area (Å²) in [5, 5.41) is 3.32. The highest BCUT2D eigenvalue weighted by Crippen LogP contribution is 2.34. The third kappa shape index (κ3) is 3.52. The summed E-state index contributed by atoms with van der Waals surface area (Å²) in [7, 11) is 1.63. The van der Waals surface area contributed by atoms with Crippen molar-refractivity contribution in [3.8, 4) is 5.75 Å². The Kier molecular flexibility index (Phi) is 5.05. The van der Waals surface area contributed by atoms with Crippen molar-refractivity contribution in [2.24, 2.45) is 0 Å². The molecule has 0 saturated carbocycles. The number of nitrogens with one attached hydrogen (secondary N) is 1. The molecule has 0 aliphatic heterocycles. The summed E-state index contributed by atoms with van der Waals surface area (Å²) >= 11 is 6.94. The molecular weight excluding hydrogens is 389 g/mol. The van der Waals surface area contributed by atoms with Crippen molar-refractivity contribution in [1.82, 2.24) is 0 Å². The lowest BCUT2D eigenvalue weighted by molar-refractivity contribution is 0.412. The molecule has 20 heavy (non-hydrogen) atoms. The van der Waals surface area contributed by atoms with Gasteiger partial charge in [0.25, 0.3) is 0 Å². The molecule has 2 aromatic rings. The lowest BCUT2D eigenvalue weighted by Gasteiger charge is -2.13. The van der Waals surface area contributed by atoms with Crippen molar-refractivity contribution in [3.05, 3.63) is 56.2 Å². The molecule has 0 saturated heterocycles. The molecule has 5 heteroatoms. The number of halogens is 3. The molecule has 0 aliphatic rings. The van der Waals surface area contributed by atoms with E-state index in [2.05, 4.69) is 37.2 Å². The Hall–Kier alpha value is -1.07. The molecule has 0 unspecified atom stereocenters. The molecule has 0 heterocycles. The third-order valence-corrected chi connectivity index (χ3v) is 4.29. The van der Waals surface area contributed by atoms with Gasteiger partial charge < -0.3 is 10.1 Å². The minimum absolute atomic E-state index is 0.210. The first-order valence-electron chi connectivity index (χ1n) is 6.03. The van der Waals surface area contributed by atoms with Gasteiger partial charge in [0.15, 0.2) is 0 Å². The van der Waals surface area contributed by atoms with Crippen molar-refractivity contribution in [2.45, 2.75) is 13.5 Å². The molecule has 106 valence electrons. The normalized spacial score (nSPS) is 10.4. The van der Waals surface area contributed by atoms with Crippen LogP contribution in [0.1, 0.15) is 11.1 Å². The van der Waals surface area contributed by atoms with Crippen LogP contribution in [0.3, 0.4) is 0 Å². The first kappa shape index (κ1) is 15.3. The number of ether oxygens (including phenoxy) is 1. The van der Waals surface area contributed by atoms with Crippen LogP contribution in [0.4, 0.5) is 10.1 Å².